The SMILES string of the molecule is O=[Si](O)F.[AlH3].[Ca+2].[H-].[H-]. The van der Waals surface area contributed by atoms with E-state index in [0.29, 0.717) is 0 Å². The fraction of sp³-hybridized carbons (Fsp3) is 0. The zero-order valence-electron chi connectivity index (χ0n) is 4.44. The van der Waals surface area contributed by atoms with Crippen molar-refractivity contribution in [2.75, 3.05) is 0 Å². The van der Waals surface area contributed by atoms with Crippen molar-refractivity contribution in [2.24, 2.45) is 0 Å². The second-order valence-electron chi connectivity index (χ2n) is 0.253. The van der Waals surface area contributed by atoms with Crippen LogP contribution in [0.1, 0.15) is 2.85 Å². The second kappa shape index (κ2) is 9.74. The summed E-state index contributed by atoms with van der Waals surface area (Å²) >= 11 is 0. The molecule has 6 heteroatoms. The Hall–Kier alpha value is 1.54. The Morgan fingerprint density at radius 3 is 1.83 bits per heavy atom. The average Bonchev–Trinajstić information content (AvgIpc) is 0.811. The fourth-order valence-electron chi connectivity index (χ4n) is 0. The van der Waals surface area contributed by atoms with E-state index < -0.39 is 9.26 Å². The summed E-state index contributed by atoms with van der Waals surface area (Å²) in [7, 11) is -3.63. The minimum absolute atomic E-state index is 0. The minimum Gasteiger partial charge on any atom is -1.00 e. The normalized spacial score (nSPS) is 4.17. The standard InChI is InChI=1S/Al.Ca.FHO2Si.5H/c;;1-4(2)3;;;;;/h;;2H;;;;;/q;+2;;;;;2*-1. The van der Waals surface area contributed by atoms with Crippen LogP contribution in [0.5, 0.6) is 0 Å². The average molecular weight is 152 g/mol. The van der Waals surface area contributed by atoms with Gasteiger partial charge in [0.25, 0.3) is 0 Å². The van der Waals surface area contributed by atoms with Gasteiger partial charge in [0.15, 0.2) is 17.4 Å². The molecule has 0 saturated carbocycles. The van der Waals surface area contributed by atoms with Gasteiger partial charge in [-0.25, -0.2) is 0 Å². The molecular weight excluding hydrogens is 146 g/mol. The number of halogens is 1. The molecule has 0 saturated heterocycles. The van der Waals surface area contributed by atoms with Crippen molar-refractivity contribution in [3.05, 3.63) is 0 Å². The van der Waals surface area contributed by atoms with E-state index in [0.717, 1.165) is 0 Å². The van der Waals surface area contributed by atoms with Crippen molar-refractivity contribution in [3.63, 3.8) is 0 Å². The maximum atomic E-state index is 10.1. The number of rotatable bonds is 0. The third kappa shape index (κ3) is 48.2. The quantitative estimate of drug-likeness (QED) is 0.323. The molecule has 0 aromatic heterocycles. The third-order valence-electron chi connectivity index (χ3n) is 0. The van der Waals surface area contributed by atoms with E-state index in [1.807, 2.05) is 0 Å². The molecule has 0 aliphatic rings. The molecule has 1 N–H and O–H groups in total. The molecule has 0 amide bonds. The topological polar surface area (TPSA) is 37.3 Å². The molecule has 0 atom stereocenters. The van der Waals surface area contributed by atoms with Crippen molar-refractivity contribution < 1.29 is 16.2 Å². The van der Waals surface area contributed by atoms with Gasteiger partial charge in [0, 0.05) is 0 Å². The maximum absolute atomic E-state index is 10.1. The zero-order chi connectivity index (χ0) is 3.58. The Morgan fingerprint density at radius 2 is 1.83 bits per heavy atom. The molecule has 34 valence electrons. The summed E-state index contributed by atoms with van der Waals surface area (Å²) in [6.07, 6.45) is 0. The first-order chi connectivity index (χ1) is 1.73. The maximum Gasteiger partial charge on any atom is 2.00 e. The van der Waals surface area contributed by atoms with E-state index in [1.165, 1.54) is 0 Å². The van der Waals surface area contributed by atoms with Crippen LogP contribution in [0.25, 0.3) is 0 Å². The van der Waals surface area contributed by atoms with Gasteiger partial charge in [0.05, 0.1) is 0 Å². The van der Waals surface area contributed by atoms with E-state index >= 15 is 0 Å². The summed E-state index contributed by atoms with van der Waals surface area (Å²) in [5, 5.41) is 0. The second-order valence-corrected chi connectivity index (χ2v) is 0.759. The Balaban J connectivity index is -0.00000000750. The smallest absolute Gasteiger partial charge is 1.00 e. The van der Waals surface area contributed by atoms with Gasteiger partial charge < -0.3 is 7.65 Å². The monoisotopic (exact) mass is 152 g/mol. The van der Waals surface area contributed by atoms with E-state index in [-0.39, 0.29) is 58.0 Å². The van der Waals surface area contributed by atoms with Gasteiger partial charge in [-0.1, -0.05) is 0 Å². The minimum atomic E-state index is -3.63. The predicted molar refractivity (Wildman–Crippen MR) is 27.7 cm³/mol. The largest absolute Gasteiger partial charge is 2.00 e. The van der Waals surface area contributed by atoms with Crippen molar-refractivity contribution >= 4 is 64.4 Å². The van der Waals surface area contributed by atoms with Crippen LogP contribution in [0.2, 0.25) is 0 Å². The molecule has 6 heavy (non-hydrogen) atoms. The fourth-order valence-corrected chi connectivity index (χ4v) is 0. The van der Waals surface area contributed by atoms with Gasteiger partial charge in [-0.05, 0) is 0 Å². The molecule has 0 unspecified atom stereocenters. The molecule has 0 aromatic carbocycles. The summed E-state index contributed by atoms with van der Waals surface area (Å²) in [5.74, 6) is 0. The Bertz CT molecular complexity index is 43.0. The summed E-state index contributed by atoms with van der Waals surface area (Å²) in [6.45, 7) is 0. The predicted octanol–water partition coefficient (Wildman–Crippen LogP) is -1.98. The van der Waals surface area contributed by atoms with Gasteiger partial charge in [0.1, 0.15) is 0 Å². The number of hydrogen-bond donors (Lipinski definition) is 1. The first kappa shape index (κ1) is 15.6. The van der Waals surface area contributed by atoms with Crippen molar-refractivity contribution in [3.8, 4) is 0 Å². The summed E-state index contributed by atoms with van der Waals surface area (Å²) < 4.78 is 18.6. The van der Waals surface area contributed by atoms with Crippen LogP contribution in [-0.4, -0.2) is 69.2 Å². The van der Waals surface area contributed by atoms with Gasteiger partial charge in [0.2, 0.25) is 0 Å². The van der Waals surface area contributed by atoms with Gasteiger partial charge in [-0.15, -0.1) is 0 Å². The first-order valence-corrected chi connectivity index (χ1v) is 1.85. The van der Waals surface area contributed by atoms with Gasteiger partial charge >= 0.3 is 47.0 Å². The van der Waals surface area contributed by atoms with E-state index in [4.69, 9.17) is 9.26 Å². The molecule has 0 rings (SSSR count). The molecule has 0 aromatic rings. The van der Waals surface area contributed by atoms with Crippen LogP contribution in [-0.2, 0) is 4.46 Å². The molecule has 0 bridgehead atoms. The van der Waals surface area contributed by atoms with Crippen LogP contribution in [0.15, 0.2) is 0 Å². The summed E-state index contributed by atoms with van der Waals surface area (Å²) in [4.78, 5) is 6.94. The molecule has 0 spiro atoms. The number of hydrogen-bond acceptors (Lipinski definition) is 1. The first-order valence-electron chi connectivity index (χ1n) is 0.617. The van der Waals surface area contributed by atoms with E-state index in [2.05, 4.69) is 0 Å². The zero-order valence-corrected chi connectivity index (χ0v) is 5.65. The molecule has 0 radical (unpaired) electrons. The molecule has 0 aliphatic heterocycles. The Morgan fingerprint density at radius 1 is 1.83 bits per heavy atom. The van der Waals surface area contributed by atoms with Crippen molar-refractivity contribution in [1.29, 1.82) is 0 Å². The Labute approximate surface area is 79.8 Å². The van der Waals surface area contributed by atoms with Crippen LogP contribution < -0.4 is 0 Å². The molecule has 0 heterocycles. The molecule has 2 nitrogen and oxygen atoms in total. The summed E-state index contributed by atoms with van der Waals surface area (Å²) in [6, 6.07) is 0. The van der Waals surface area contributed by atoms with Crippen LogP contribution in [0, 0.1) is 0 Å². The van der Waals surface area contributed by atoms with Crippen molar-refractivity contribution in [1.82, 2.24) is 0 Å². The van der Waals surface area contributed by atoms with Gasteiger partial charge in [-0.2, -0.15) is 4.11 Å². The van der Waals surface area contributed by atoms with Crippen LogP contribution >= 0.6 is 0 Å². The molecule has 0 fully saturated rings. The third-order valence-corrected chi connectivity index (χ3v) is 0. The Kier molecular flexibility index (Phi) is 25.4. The van der Waals surface area contributed by atoms with Gasteiger partial charge in [-0.3, -0.25) is 4.46 Å². The summed E-state index contributed by atoms with van der Waals surface area (Å²) in [5.41, 5.74) is 0. The van der Waals surface area contributed by atoms with Crippen LogP contribution in [0.4, 0.5) is 4.11 Å². The van der Waals surface area contributed by atoms with E-state index in [1.54, 1.807) is 0 Å². The molecule has 0 aliphatic carbocycles. The van der Waals surface area contributed by atoms with Crippen LogP contribution in [0.3, 0.4) is 0 Å². The van der Waals surface area contributed by atoms with Crippen molar-refractivity contribution in [2.45, 2.75) is 0 Å². The molecular formula is H6AlCaFO2Si. The van der Waals surface area contributed by atoms with E-state index in [9.17, 15) is 4.11 Å².